The summed E-state index contributed by atoms with van der Waals surface area (Å²) in [5.74, 6) is 0. The maximum absolute atomic E-state index is 9.54. The average molecular weight is 384 g/mol. The van der Waals surface area contributed by atoms with Gasteiger partial charge in [-0.25, -0.2) is 0 Å². The fraction of sp³-hybridized carbons (Fsp3) is 1.00. The van der Waals surface area contributed by atoms with Crippen LogP contribution in [-0.2, 0) is 0 Å². The largest absolute Gasteiger partial charge is 0.395 e. The van der Waals surface area contributed by atoms with E-state index in [9.17, 15) is 5.11 Å². The first-order valence-corrected chi connectivity index (χ1v) is 6.38. The molecule has 0 aromatic rings. The first-order valence-electron chi connectivity index (χ1n) is 4.00. The number of hydrogen-bond acceptors (Lipinski definition) is 3. The summed E-state index contributed by atoms with van der Waals surface area (Å²) in [4.78, 5) is 0. The van der Waals surface area contributed by atoms with Crippen LogP contribution in [0, 0.1) is 0 Å². The predicted octanol–water partition coefficient (Wildman–Crippen LogP) is 1.55. The minimum absolute atomic E-state index is 0.0458. The second-order valence-electron chi connectivity index (χ2n) is 2.75. The lowest BCUT2D eigenvalue weighted by molar-refractivity contribution is 0.167. The van der Waals surface area contributed by atoms with Gasteiger partial charge in [-0.15, -0.1) is 0 Å². The van der Waals surface area contributed by atoms with Gasteiger partial charge in [-0.3, -0.25) is 0 Å². The lowest BCUT2D eigenvalue weighted by Crippen LogP contribution is -2.41. The van der Waals surface area contributed by atoms with Gasteiger partial charge in [-0.2, -0.15) is 0 Å². The summed E-state index contributed by atoms with van der Waals surface area (Å²) in [6, 6.07) is 0.0458. The minimum Gasteiger partial charge on any atom is -0.395 e. The van der Waals surface area contributed by atoms with E-state index < -0.39 is 8.25 Å². The van der Waals surface area contributed by atoms with Gasteiger partial charge in [0.15, 0.2) is 2.14 Å². The smallest absolute Gasteiger partial charge is 0.161 e. The molecular formula is C7H14Br3NO2. The first-order chi connectivity index (χ1) is 5.91. The molecule has 80 valence electrons. The van der Waals surface area contributed by atoms with Crippen molar-refractivity contribution in [1.29, 1.82) is 0 Å². The van der Waals surface area contributed by atoms with Crippen LogP contribution in [0.2, 0.25) is 0 Å². The van der Waals surface area contributed by atoms with Crippen molar-refractivity contribution in [2.75, 3.05) is 13.2 Å². The maximum Gasteiger partial charge on any atom is 0.161 e. The molecule has 0 rings (SSSR count). The van der Waals surface area contributed by atoms with Crippen LogP contribution in [0.4, 0.5) is 0 Å². The summed E-state index contributed by atoms with van der Waals surface area (Å²) in [6.07, 6.45) is 0.219. The number of hydrogen-bond donors (Lipinski definition) is 3. The molecule has 0 spiro atoms. The molecule has 6 heteroatoms. The van der Waals surface area contributed by atoms with Crippen molar-refractivity contribution in [3.8, 4) is 0 Å². The van der Waals surface area contributed by atoms with Gasteiger partial charge in [-0.05, 0) is 6.42 Å². The summed E-state index contributed by atoms with van der Waals surface area (Å²) < 4.78 is -0.659. The lowest BCUT2D eigenvalue weighted by atomic mass is 10.2. The number of aliphatic hydroxyl groups excluding tert-OH is 2. The van der Waals surface area contributed by atoms with Crippen LogP contribution in [0.25, 0.3) is 0 Å². The Labute approximate surface area is 104 Å². The van der Waals surface area contributed by atoms with E-state index in [4.69, 9.17) is 5.11 Å². The molecule has 3 nitrogen and oxygen atoms in total. The van der Waals surface area contributed by atoms with Crippen molar-refractivity contribution in [1.82, 2.24) is 5.32 Å². The zero-order valence-electron chi connectivity index (χ0n) is 7.30. The van der Waals surface area contributed by atoms with Crippen LogP contribution in [0.1, 0.15) is 13.3 Å². The molecule has 0 aromatic heterocycles. The van der Waals surface area contributed by atoms with E-state index in [2.05, 4.69) is 53.1 Å². The third-order valence-electron chi connectivity index (χ3n) is 1.69. The Morgan fingerprint density at radius 2 is 1.92 bits per heavy atom. The Morgan fingerprint density at radius 3 is 2.23 bits per heavy atom. The van der Waals surface area contributed by atoms with E-state index in [1.807, 2.05) is 6.92 Å². The predicted molar refractivity (Wildman–Crippen MR) is 64.7 cm³/mol. The van der Waals surface area contributed by atoms with Crippen LogP contribution in [-0.4, -0.2) is 37.7 Å². The molecule has 0 heterocycles. The van der Waals surface area contributed by atoms with Gasteiger partial charge in [0.25, 0.3) is 0 Å². The van der Waals surface area contributed by atoms with Gasteiger partial charge in [0.05, 0.1) is 6.61 Å². The molecule has 0 saturated carbocycles. The van der Waals surface area contributed by atoms with Crippen LogP contribution in [0.3, 0.4) is 0 Å². The molecule has 0 aromatic carbocycles. The van der Waals surface area contributed by atoms with Crippen LogP contribution < -0.4 is 5.32 Å². The molecule has 2 unspecified atom stereocenters. The lowest BCUT2D eigenvalue weighted by Gasteiger charge is -2.23. The Balaban J connectivity index is 3.75. The third kappa shape index (κ3) is 6.41. The van der Waals surface area contributed by atoms with E-state index in [0.717, 1.165) is 6.42 Å². The SMILES string of the molecule is CCC(CO)NCC(O)C(Br)(Br)Br. The molecule has 0 aliphatic rings. The average Bonchev–Trinajstić information content (AvgIpc) is 2.04. The summed E-state index contributed by atoms with van der Waals surface area (Å²) >= 11 is 9.66. The van der Waals surface area contributed by atoms with E-state index in [1.54, 1.807) is 0 Å². The Kier molecular flexibility index (Phi) is 7.42. The maximum atomic E-state index is 9.54. The number of alkyl halides is 3. The number of halogens is 3. The monoisotopic (exact) mass is 381 g/mol. The van der Waals surface area contributed by atoms with E-state index >= 15 is 0 Å². The number of aliphatic hydroxyl groups is 2. The van der Waals surface area contributed by atoms with E-state index in [-0.39, 0.29) is 12.6 Å². The normalized spacial score (nSPS) is 17.1. The van der Waals surface area contributed by atoms with Crippen molar-refractivity contribution in [3.05, 3.63) is 0 Å². The summed E-state index contributed by atoms with van der Waals surface area (Å²) in [5.41, 5.74) is 0. The van der Waals surface area contributed by atoms with Crippen molar-refractivity contribution >= 4 is 47.8 Å². The standard InChI is InChI=1S/C7H14Br3NO2/c1-2-5(4-12)11-3-6(13)7(8,9)10/h5-6,11-13H,2-4H2,1H3. The molecule has 0 saturated heterocycles. The molecule has 0 radical (unpaired) electrons. The third-order valence-corrected chi connectivity index (χ3v) is 3.28. The van der Waals surface area contributed by atoms with Gasteiger partial charge in [-0.1, -0.05) is 54.7 Å². The van der Waals surface area contributed by atoms with Gasteiger partial charge < -0.3 is 15.5 Å². The Hall–Kier alpha value is 1.32. The molecule has 3 N–H and O–H groups in total. The van der Waals surface area contributed by atoms with Crippen LogP contribution in [0.5, 0.6) is 0 Å². The zero-order valence-corrected chi connectivity index (χ0v) is 12.1. The minimum atomic E-state index is -0.659. The van der Waals surface area contributed by atoms with E-state index in [0.29, 0.717) is 6.54 Å². The van der Waals surface area contributed by atoms with E-state index in [1.165, 1.54) is 0 Å². The highest BCUT2D eigenvalue weighted by molar-refractivity contribution is 9.39. The van der Waals surface area contributed by atoms with Crippen molar-refractivity contribution < 1.29 is 10.2 Å². The highest BCUT2D eigenvalue weighted by Gasteiger charge is 2.28. The number of rotatable bonds is 5. The van der Waals surface area contributed by atoms with Gasteiger partial charge in [0, 0.05) is 12.6 Å². The number of nitrogens with one attached hydrogen (secondary N) is 1. The van der Waals surface area contributed by atoms with Gasteiger partial charge >= 0.3 is 0 Å². The fourth-order valence-electron chi connectivity index (χ4n) is 0.732. The summed E-state index contributed by atoms with van der Waals surface area (Å²) in [6.45, 7) is 2.47. The molecule has 2 atom stereocenters. The molecular weight excluding hydrogens is 370 g/mol. The molecule has 13 heavy (non-hydrogen) atoms. The van der Waals surface area contributed by atoms with Gasteiger partial charge in [0.1, 0.15) is 6.10 Å². The molecule has 0 aliphatic heterocycles. The van der Waals surface area contributed by atoms with Crippen LogP contribution in [0.15, 0.2) is 0 Å². The fourth-order valence-corrected chi connectivity index (χ4v) is 1.22. The highest BCUT2D eigenvalue weighted by atomic mass is 80.0. The van der Waals surface area contributed by atoms with Crippen molar-refractivity contribution in [2.45, 2.75) is 27.6 Å². The molecule has 0 fully saturated rings. The van der Waals surface area contributed by atoms with Gasteiger partial charge in [0.2, 0.25) is 0 Å². The Bertz CT molecular complexity index is 136. The second kappa shape index (κ2) is 6.74. The molecule has 0 bridgehead atoms. The quantitative estimate of drug-likeness (QED) is 0.631. The van der Waals surface area contributed by atoms with Crippen molar-refractivity contribution in [2.24, 2.45) is 0 Å². The van der Waals surface area contributed by atoms with Crippen LogP contribution >= 0.6 is 47.8 Å². The zero-order chi connectivity index (χ0) is 10.5. The summed E-state index contributed by atoms with van der Waals surface area (Å²) in [7, 11) is 0. The van der Waals surface area contributed by atoms with Crippen molar-refractivity contribution in [3.63, 3.8) is 0 Å². The topological polar surface area (TPSA) is 52.5 Å². The molecule has 0 aliphatic carbocycles. The molecule has 0 amide bonds. The highest BCUT2D eigenvalue weighted by Crippen LogP contribution is 2.36. The first kappa shape index (κ1) is 14.3. The summed E-state index contributed by atoms with van der Waals surface area (Å²) in [5, 5.41) is 21.4. The Morgan fingerprint density at radius 1 is 1.38 bits per heavy atom. The second-order valence-corrected chi connectivity index (χ2v) is 9.70.